The molecule has 1 amide bonds. The Bertz CT molecular complexity index is 833. The minimum absolute atomic E-state index is 0.00972. The second kappa shape index (κ2) is 5.75. The summed E-state index contributed by atoms with van der Waals surface area (Å²) in [5, 5.41) is 7.01. The van der Waals surface area contributed by atoms with E-state index in [2.05, 4.69) is 15.8 Å². The van der Waals surface area contributed by atoms with Crippen molar-refractivity contribution in [2.24, 2.45) is 5.10 Å². The van der Waals surface area contributed by atoms with Crippen molar-refractivity contribution in [2.75, 3.05) is 37.0 Å². The number of carbonyl (C=O) groups excluding carboxylic acids is 1. The molecule has 1 unspecified atom stereocenters. The molecule has 0 spiro atoms. The van der Waals surface area contributed by atoms with Crippen LogP contribution in [0.25, 0.3) is 0 Å². The van der Waals surface area contributed by atoms with Crippen molar-refractivity contribution in [3.05, 3.63) is 17.7 Å². The number of hydrazone groups is 1. The number of amides is 1. The summed E-state index contributed by atoms with van der Waals surface area (Å²) < 4.78 is 46.5. The molecule has 3 aliphatic heterocycles. The van der Waals surface area contributed by atoms with Gasteiger partial charge in [0.05, 0.1) is 16.8 Å². The molecule has 27 heavy (non-hydrogen) atoms. The Kier molecular flexibility index (Phi) is 3.81. The number of hydrogen-bond donors (Lipinski definition) is 2. The van der Waals surface area contributed by atoms with Gasteiger partial charge in [-0.3, -0.25) is 4.79 Å². The predicted octanol–water partition coefficient (Wildman–Crippen LogP) is 1.85. The number of nitrogens with zero attached hydrogens (tertiary/aromatic N) is 3. The average Bonchev–Trinajstić information content (AvgIpc) is 2.55. The lowest BCUT2D eigenvalue weighted by Gasteiger charge is -2.48. The molecule has 4 rings (SSSR count). The van der Waals surface area contributed by atoms with E-state index in [1.165, 1.54) is 6.07 Å². The van der Waals surface area contributed by atoms with Crippen molar-refractivity contribution in [2.45, 2.75) is 31.6 Å². The molecular formula is C17H20F3N5O2. The summed E-state index contributed by atoms with van der Waals surface area (Å²) in [5.74, 6) is 0.216. The number of alkyl halides is 3. The van der Waals surface area contributed by atoms with Crippen LogP contribution in [0.3, 0.4) is 0 Å². The highest BCUT2D eigenvalue weighted by Crippen LogP contribution is 2.45. The molecule has 1 atom stereocenters. The number of halogens is 3. The van der Waals surface area contributed by atoms with Gasteiger partial charge in [0.15, 0.2) is 5.84 Å². The van der Waals surface area contributed by atoms with Gasteiger partial charge in [-0.05, 0) is 33.0 Å². The molecule has 0 aliphatic carbocycles. The number of likely N-dealkylation sites (tertiary alicyclic amines) is 1. The van der Waals surface area contributed by atoms with Crippen LogP contribution in [-0.4, -0.2) is 55.0 Å². The summed E-state index contributed by atoms with van der Waals surface area (Å²) in [6.07, 6.45) is -4.54. The van der Waals surface area contributed by atoms with Crippen molar-refractivity contribution < 1.29 is 22.7 Å². The monoisotopic (exact) mass is 383 g/mol. The third-order valence-electron chi connectivity index (χ3n) is 5.04. The maximum atomic E-state index is 13.7. The van der Waals surface area contributed by atoms with E-state index in [0.717, 1.165) is 6.07 Å². The van der Waals surface area contributed by atoms with Gasteiger partial charge in [0.2, 0.25) is 0 Å². The Balaban J connectivity index is 1.80. The molecule has 7 nitrogen and oxygen atoms in total. The van der Waals surface area contributed by atoms with Gasteiger partial charge in [0, 0.05) is 18.8 Å². The molecule has 1 aromatic rings. The molecule has 2 N–H and O–H groups in total. The number of ether oxygens (including phenoxy) is 1. The summed E-state index contributed by atoms with van der Waals surface area (Å²) in [7, 11) is 1.91. The molecule has 0 radical (unpaired) electrons. The largest absolute Gasteiger partial charge is 0.483 e. The first-order chi connectivity index (χ1) is 12.6. The van der Waals surface area contributed by atoms with Gasteiger partial charge in [0.25, 0.3) is 5.91 Å². The third kappa shape index (κ3) is 2.97. The number of rotatable bonds is 2. The number of carbonyl (C=O) groups is 1. The van der Waals surface area contributed by atoms with Gasteiger partial charge in [0.1, 0.15) is 18.4 Å². The molecular weight excluding hydrogens is 363 g/mol. The zero-order chi connectivity index (χ0) is 19.6. The van der Waals surface area contributed by atoms with Gasteiger partial charge < -0.3 is 19.9 Å². The van der Waals surface area contributed by atoms with Crippen LogP contribution in [0.4, 0.5) is 24.5 Å². The smallest absolute Gasteiger partial charge is 0.418 e. The Labute approximate surface area is 154 Å². The second-order valence-corrected chi connectivity index (χ2v) is 7.56. The maximum Gasteiger partial charge on any atom is 0.418 e. The van der Waals surface area contributed by atoms with Crippen molar-refractivity contribution in [1.82, 2.24) is 10.3 Å². The Morgan fingerprint density at radius 1 is 1.37 bits per heavy atom. The van der Waals surface area contributed by atoms with Crippen LogP contribution in [0.15, 0.2) is 17.2 Å². The summed E-state index contributed by atoms with van der Waals surface area (Å²) >= 11 is 0. The molecule has 1 fully saturated rings. The molecule has 146 valence electrons. The fourth-order valence-corrected chi connectivity index (χ4v) is 3.96. The highest BCUT2D eigenvalue weighted by atomic mass is 19.4. The zero-order valence-corrected chi connectivity index (χ0v) is 15.1. The topological polar surface area (TPSA) is 69.2 Å². The first-order valence-electron chi connectivity index (χ1n) is 8.58. The van der Waals surface area contributed by atoms with Crippen LogP contribution in [-0.2, 0) is 11.0 Å². The van der Waals surface area contributed by atoms with Gasteiger partial charge in [-0.15, -0.1) is 0 Å². The van der Waals surface area contributed by atoms with Crippen molar-refractivity contribution >= 4 is 23.1 Å². The molecule has 0 aromatic heterocycles. The summed E-state index contributed by atoms with van der Waals surface area (Å²) in [6, 6.07) is 1.81. The van der Waals surface area contributed by atoms with Crippen LogP contribution in [0.2, 0.25) is 0 Å². The van der Waals surface area contributed by atoms with E-state index in [9.17, 15) is 18.0 Å². The van der Waals surface area contributed by atoms with Gasteiger partial charge in [-0.25, -0.2) is 5.43 Å². The third-order valence-corrected chi connectivity index (χ3v) is 5.04. The average molecular weight is 383 g/mol. The fraction of sp³-hybridized carbons (Fsp3) is 0.529. The lowest BCUT2D eigenvalue weighted by atomic mass is 9.92. The standard InChI is InChI=1S/C17H20F3N5O2/c1-9-15(26)23-22-14-6-27-13-4-10(17(18,19)20)11(5-12(13)25(9)14)21-16(2)7-24(3)8-16/h4-5,9,21H,6-8H2,1-3H3,(H,23,26). The lowest BCUT2D eigenvalue weighted by Crippen LogP contribution is -2.62. The highest BCUT2D eigenvalue weighted by molar-refractivity contribution is 6.09. The van der Waals surface area contributed by atoms with E-state index in [1.807, 2.05) is 18.9 Å². The fourth-order valence-electron chi connectivity index (χ4n) is 3.96. The van der Waals surface area contributed by atoms with Crippen LogP contribution < -0.4 is 20.4 Å². The van der Waals surface area contributed by atoms with Crippen LogP contribution in [0.5, 0.6) is 5.75 Å². The normalized spacial score (nSPS) is 24.1. The van der Waals surface area contributed by atoms with Gasteiger partial charge in [-0.2, -0.15) is 18.3 Å². The Morgan fingerprint density at radius 3 is 2.70 bits per heavy atom. The molecule has 1 saturated heterocycles. The first kappa shape index (κ1) is 17.9. The summed E-state index contributed by atoms with van der Waals surface area (Å²) in [5.41, 5.74) is 1.53. The van der Waals surface area contributed by atoms with Gasteiger partial charge in [-0.1, -0.05) is 0 Å². The summed E-state index contributed by atoms with van der Waals surface area (Å²) in [4.78, 5) is 15.6. The lowest BCUT2D eigenvalue weighted by molar-refractivity contribution is -0.137. The van der Waals surface area contributed by atoms with E-state index < -0.39 is 23.3 Å². The van der Waals surface area contributed by atoms with E-state index in [-0.39, 0.29) is 24.0 Å². The number of hydrogen-bond acceptors (Lipinski definition) is 6. The number of anilines is 2. The minimum atomic E-state index is -4.54. The number of likely N-dealkylation sites (N-methyl/N-ethyl adjacent to an activating group) is 1. The molecule has 0 bridgehead atoms. The highest BCUT2D eigenvalue weighted by Gasteiger charge is 2.43. The van der Waals surface area contributed by atoms with E-state index >= 15 is 0 Å². The minimum Gasteiger partial charge on any atom is -0.483 e. The first-order valence-corrected chi connectivity index (χ1v) is 8.58. The molecule has 10 heteroatoms. The molecule has 3 heterocycles. The molecule has 1 aromatic carbocycles. The van der Waals surface area contributed by atoms with Crippen molar-refractivity contribution in [3.63, 3.8) is 0 Å². The van der Waals surface area contributed by atoms with Gasteiger partial charge >= 0.3 is 6.18 Å². The maximum absolute atomic E-state index is 13.7. The van der Waals surface area contributed by atoms with E-state index in [1.54, 1.807) is 11.8 Å². The Hall–Kier alpha value is -2.49. The van der Waals surface area contributed by atoms with Crippen LogP contribution in [0.1, 0.15) is 19.4 Å². The second-order valence-electron chi connectivity index (χ2n) is 7.56. The van der Waals surface area contributed by atoms with E-state index in [4.69, 9.17) is 4.74 Å². The van der Waals surface area contributed by atoms with Crippen molar-refractivity contribution in [1.29, 1.82) is 0 Å². The number of fused-ring (bicyclic) bond motifs is 3. The SMILES string of the molecule is CC1C(=O)NN=C2COc3cc(C(F)(F)F)c(NC4(C)CN(C)C4)cc3N21. The zero-order valence-electron chi connectivity index (χ0n) is 15.1. The quantitative estimate of drug-likeness (QED) is 0.816. The number of benzene rings is 1. The number of amidine groups is 1. The van der Waals surface area contributed by atoms with Crippen LogP contribution >= 0.6 is 0 Å². The summed E-state index contributed by atoms with van der Waals surface area (Å²) in [6.45, 7) is 4.81. The Morgan fingerprint density at radius 2 is 2.07 bits per heavy atom. The molecule has 0 saturated carbocycles. The molecule has 3 aliphatic rings. The van der Waals surface area contributed by atoms with E-state index in [0.29, 0.717) is 24.6 Å². The predicted molar refractivity (Wildman–Crippen MR) is 94.0 cm³/mol. The van der Waals surface area contributed by atoms with Crippen molar-refractivity contribution in [3.8, 4) is 5.75 Å². The van der Waals surface area contributed by atoms with Crippen LogP contribution in [0, 0.1) is 0 Å². The number of nitrogens with one attached hydrogen (secondary N) is 2.